The summed E-state index contributed by atoms with van der Waals surface area (Å²) in [5.41, 5.74) is 0.193. The first kappa shape index (κ1) is 17.4. The number of aromatic nitrogens is 1. The van der Waals surface area contributed by atoms with Gasteiger partial charge in [-0.15, -0.1) is 11.3 Å². The van der Waals surface area contributed by atoms with Crippen LogP contribution < -0.4 is 5.32 Å². The van der Waals surface area contributed by atoms with Crippen molar-refractivity contribution in [3.05, 3.63) is 11.1 Å². The summed E-state index contributed by atoms with van der Waals surface area (Å²) in [6.45, 7) is 4.97. The zero-order valence-electron chi connectivity index (χ0n) is 13.3. The minimum Gasteiger partial charge on any atom is -0.461 e. The Bertz CT molecular complexity index is 587. The third kappa shape index (κ3) is 4.51. The standard InChI is InChI=1S/C15H21N3O4S/c1-3-12(19)18-7-5-6-10(8-18)13(20)17-15-16-11(9-23-15)14(21)22-4-2/h9-10H,3-8H2,1-2H3,(H,16,17,20)/t10-/m0/s1. The molecule has 1 aliphatic heterocycles. The zero-order chi connectivity index (χ0) is 16.8. The third-order valence-corrected chi connectivity index (χ3v) is 4.42. The predicted molar refractivity (Wildman–Crippen MR) is 86.3 cm³/mol. The van der Waals surface area contributed by atoms with Crippen molar-refractivity contribution in [3.63, 3.8) is 0 Å². The van der Waals surface area contributed by atoms with Crippen molar-refractivity contribution in [2.75, 3.05) is 25.0 Å². The minimum atomic E-state index is -0.498. The van der Waals surface area contributed by atoms with Gasteiger partial charge < -0.3 is 15.0 Å². The molecule has 2 heterocycles. The highest BCUT2D eigenvalue weighted by atomic mass is 32.1. The number of amides is 2. The lowest BCUT2D eigenvalue weighted by Gasteiger charge is -2.31. The van der Waals surface area contributed by atoms with Crippen LogP contribution in [-0.2, 0) is 14.3 Å². The molecule has 0 spiro atoms. The molecule has 0 unspecified atom stereocenters. The third-order valence-electron chi connectivity index (χ3n) is 3.67. The first-order chi connectivity index (χ1) is 11.0. The summed E-state index contributed by atoms with van der Waals surface area (Å²) >= 11 is 1.18. The lowest BCUT2D eigenvalue weighted by Crippen LogP contribution is -2.43. The van der Waals surface area contributed by atoms with Crippen LogP contribution >= 0.6 is 11.3 Å². The summed E-state index contributed by atoms with van der Waals surface area (Å²) in [4.78, 5) is 41.5. The highest BCUT2D eigenvalue weighted by Crippen LogP contribution is 2.21. The van der Waals surface area contributed by atoms with Crippen LogP contribution in [0.5, 0.6) is 0 Å². The number of nitrogens with zero attached hydrogens (tertiary/aromatic N) is 2. The van der Waals surface area contributed by atoms with Crippen LogP contribution in [0.3, 0.4) is 0 Å². The van der Waals surface area contributed by atoms with Gasteiger partial charge in [0.2, 0.25) is 11.8 Å². The number of hydrogen-bond acceptors (Lipinski definition) is 6. The molecule has 0 radical (unpaired) electrons. The molecule has 7 nitrogen and oxygen atoms in total. The highest BCUT2D eigenvalue weighted by Gasteiger charge is 2.28. The molecule has 0 aromatic carbocycles. The Morgan fingerprint density at radius 2 is 2.22 bits per heavy atom. The number of ether oxygens (including phenoxy) is 1. The van der Waals surface area contributed by atoms with E-state index >= 15 is 0 Å². The zero-order valence-corrected chi connectivity index (χ0v) is 14.1. The van der Waals surface area contributed by atoms with Gasteiger partial charge in [-0.05, 0) is 19.8 Å². The molecule has 126 valence electrons. The Hall–Kier alpha value is -1.96. The van der Waals surface area contributed by atoms with E-state index in [9.17, 15) is 14.4 Å². The van der Waals surface area contributed by atoms with Gasteiger partial charge in [0.1, 0.15) is 0 Å². The van der Waals surface area contributed by atoms with Gasteiger partial charge in [0.15, 0.2) is 10.8 Å². The van der Waals surface area contributed by atoms with Crippen LogP contribution in [0.2, 0.25) is 0 Å². The second kappa shape index (κ2) is 8.05. The van der Waals surface area contributed by atoms with Crippen LogP contribution in [0.15, 0.2) is 5.38 Å². The summed E-state index contributed by atoms with van der Waals surface area (Å²) < 4.78 is 4.86. The fourth-order valence-corrected chi connectivity index (χ4v) is 3.16. The number of rotatable bonds is 5. The van der Waals surface area contributed by atoms with Gasteiger partial charge in [0, 0.05) is 24.9 Å². The van der Waals surface area contributed by atoms with E-state index in [1.165, 1.54) is 11.3 Å². The Kier molecular flexibility index (Phi) is 6.09. The Morgan fingerprint density at radius 3 is 2.91 bits per heavy atom. The fraction of sp³-hybridized carbons (Fsp3) is 0.600. The average molecular weight is 339 g/mol. The smallest absolute Gasteiger partial charge is 0.357 e. The molecule has 8 heteroatoms. The molecular weight excluding hydrogens is 318 g/mol. The molecule has 1 fully saturated rings. The summed E-state index contributed by atoms with van der Waals surface area (Å²) in [5, 5.41) is 4.66. The van der Waals surface area contributed by atoms with Gasteiger partial charge in [-0.1, -0.05) is 6.92 Å². The van der Waals surface area contributed by atoms with Gasteiger partial charge in [-0.25, -0.2) is 9.78 Å². The SMILES string of the molecule is CCOC(=O)c1csc(NC(=O)[C@H]2CCCN(C(=O)CC)C2)n1. The molecular formula is C15H21N3O4S. The maximum atomic E-state index is 12.3. The van der Waals surface area contributed by atoms with Crippen molar-refractivity contribution in [2.24, 2.45) is 5.92 Å². The number of anilines is 1. The van der Waals surface area contributed by atoms with Crippen molar-refractivity contribution in [1.82, 2.24) is 9.88 Å². The molecule has 1 aliphatic rings. The summed E-state index contributed by atoms with van der Waals surface area (Å²) in [7, 11) is 0. The lowest BCUT2D eigenvalue weighted by molar-refractivity contribution is -0.134. The number of thiazole rings is 1. The molecule has 1 atom stereocenters. The van der Waals surface area contributed by atoms with E-state index in [0.29, 0.717) is 24.6 Å². The second-order valence-electron chi connectivity index (χ2n) is 5.28. The number of esters is 1. The van der Waals surface area contributed by atoms with E-state index in [1.54, 1.807) is 17.2 Å². The molecule has 1 aromatic rings. The van der Waals surface area contributed by atoms with Crippen LogP contribution in [0, 0.1) is 5.92 Å². The highest BCUT2D eigenvalue weighted by molar-refractivity contribution is 7.14. The molecule has 1 saturated heterocycles. The van der Waals surface area contributed by atoms with Gasteiger partial charge in [-0.3, -0.25) is 9.59 Å². The number of nitrogens with one attached hydrogen (secondary N) is 1. The number of carbonyl (C=O) groups is 3. The predicted octanol–water partition coefficient (Wildman–Crippen LogP) is 1.91. The Labute approximate surface area is 139 Å². The van der Waals surface area contributed by atoms with Crippen molar-refractivity contribution < 1.29 is 19.1 Å². The molecule has 1 N–H and O–H groups in total. The van der Waals surface area contributed by atoms with Crippen LogP contribution in [-0.4, -0.2) is 47.4 Å². The molecule has 1 aromatic heterocycles. The molecule has 2 rings (SSSR count). The summed E-state index contributed by atoms with van der Waals surface area (Å²) in [6, 6.07) is 0. The molecule has 0 bridgehead atoms. The monoisotopic (exact) mass is 339 g/mol. The summed E-state index contributed by atoms with van der Waals surface area (Å²) in [6.07, 6.45) is 2.01. The van der Waals surface area contributed by atoms with Crippen molar-refractivity contribution in [3.8, 4) is 0 Å². The van der Waals surface area contributed by atoms with Gasteiger partial charge in [0.05, 0.1) is 12.5 Å². The second-order valence-corrected chi connectivity index (χ2v) is 6.14. The molecule has 23 heavy (non-hydrogen) atoms. The van der Waals surface area contributed by atoms with E-state index in [2.05, 4.69) is 10.3 Å². The topological polar surface area (TPSA) is 88.6 Å². The Morgan fingerprint density at radius 1 is 1.43 bits per heavy atom. The molecule has 0 aliphatic carbocycles. The summed E-state index contributed by atoms with van der Waals surface area (Å²) in [5.74, 6) is -0.833. The maximum Gasteiger partial charge on any atom is 0.357 e. The van der Waals surface area contributed by atoms with Gasteiger partial charge in [-0.2, -0.15) is 0 Å². The largest absolute Gasteiger partial charge is 0.461 e. The minimum absolute atomic E-state index is 0.0707. The van der Waals surface area contributed by atoms with E-state index in [0.717, 1.165) is 12.8 Å². The van der Waals surface area contributed by atoms with E-state index in [4.69, 9.17) is 4.74 Å². The van der Waals surface area contributed by atoms with Crippen LogP contribution in [0.4, 0.5) is 5.13 Å². The molecule has 0 saturated carbocycles. The quantitative estimate of drug-likeness (QED) is 0.828. The van der Waals surface area contributed by atoms with E-state index < -0.39 is 5.97 Å². The number of piperidine rings is 1. The number of carbonyl (C=O) groups excluding carboxylic acids is 3. The lowest BCUT2D eigenvalue weighted by atomic mass is 9.97. The number of likely N-dealkylation sites (tertiary alicyclic amines) is 1. The van der Waals surface area contributed by atoms with Gasteiger partial charge in [0.25, 0.3) is 0 Å². The van der Waals surface area contributed by atoms with Crippen LogP contribution in [0.1, 0.15) is 43.6 Å². The first-order valence-electron chi connectivity index (χ1n) is 7.76. The fourth-order valence-electron chi connectivity index (χ4n) is 2.48. The van der Waals surface area contributed by atoms with Gasteiger partial charge >= 0.3 is 5.97 Å². The van der Waals surface area contributed by atoms with Crippen molar-refractivity contribution in [2.45, 2.75) is 33.1 Å². The van der Waals surface area contributed by atoms with Crippen LogP contribution in [0.25, 0.3) is 0 Å². The molecule has 2 amide bonds. The van der Waals surface area contributed by atoms with E-state index in [1.807, 2.05) is 6.92 Å². The van der Waals surface area contributed by atoms with Crippen molar-refractivity contribution >= 4 is 34.3 Å². The number of hydrogen-bond donors (Lipinski definition) is 1. The normalized spacial score (nSPS) is 17.7. The Balaban J connectivity index is 1.93. The first-order valence-corrected chi connectivity index (χ1v) is 8.64. The average Bonchev–Trinajstić information content (AvgIpc) is 3.03. The van der Waals surface area contributed by atoms with E-state index in [-0.39, 0.29) is 30.0 Å². The maximum absolute atomic E-state index is 12.3. The van der Waals surface area contributed by atoms with Crippen molar-refractivity contribution in [1.29, 1.82) is 0 Å².